The molecule has 0 saturated heterocycles. The molecule has 0 spiro atoms. The van der Waals surface area contributed by atoms with Crippen molar-refractivity contribution in [3.8, 4) is 17.7 Å². The monoisotopic (exact) mass is 552 g/mol. The van der Waals surface area contributed by atoms with Gasteiger partial charge < -0.3 is 14.7 Å². The minimum atomic E-state index is -4.16. The normalized spacial score (nSPS) is 18.3. The first-order valence-electron chi connectivity index (χ1n) is 12.3. The van der Waals surface area contributed by atoms with Gasteiger partial charge in [-0.1, -0.05) is 30.9 Å². The maximum Gasteiger partial charge on any atom is 0.259 e. The zero-order chi connectivity index (χ0) is 28.2. The van der Waals surface area contributed by atoms with Gasteiger partial charge in [-0.2, -0.15) is 4.31 Å². The van der Waals surface area contributed by atoms with Crippen molar-refractivity contribution in [2.75, 3.05) is 26.7 Å². The maximum absolute atomic E-state index is 14.3. The first kappa shape index (κ1) is 28.2. The zero-order valence-electron chi connectivity index (χ0n) is 21.8. The second-order valence-corrected chi connectivity index (χ2v) is 11.4. The number of carbonyl (C=O) groups is 1. The van der Waals surface area contributed by atoms with E-state index in [9.17, 15) is 22.7 Å². The van der Waals surface area contributed by atoms with E-state index in [1.165, 1.54) is 36.3 Å². The standard InChI is InChI=1S/C28H29FN4O5S/c1-19-16-33(20(2)18-34)28(35)23-14-22(9-8-21-10-12-30-13-11-21)15-31-27(23)38-25(19)17-32(3)39(36,37)26-7-5-4-6-24(26)29/h4-7,10-15,19-20,25,34H,16-18H2,1-3H3/t19-,20+,25-/m0/s1. The quantitative estimate of drug-likeness (QED) is 0.468. The van der Waals surface area contributed by atoms with Gasteiger partial charge in [0.15, 0.2) is 0 Å². The largest absolute Gasteiger partial charge is 0.472 e. The maximum atomic E-state index is 14.3. The van der Waals surface area contributed by atoms with Crippen LogP contribution in [0.2, 0.25) is 0 Å². The van der Waals surface area contributed by atoms with Crippen molar-refractivity contribution in [3.05, 3.63) is 83.6 Å². The summed E-state index contributed by atoms with van der Waals surface area (Å²) in [6.45, 7) is 3.33. The number of aliphatic hydroxyl groups excluding tert-OH is 1. The fourth-order valence-electron chi connectivity index (χ4n) is 4.14. The fourth-order valence-corrected chi connectivity index (χ4v) is 5.39. The summed E-state index contributed by atoms with van der Waals surface area (Å²) >= 11 is 0. The Morgan fingerprint density at radius 2 is 1.90 bits per heavy atom. The summed E-state index contributed by atoms with van der Waals surface area (Å²) in [6, 6.07) is 9.73. The lowest BCUT2D eigenvalue weighted by Crippen LogP contribution is -2.50. The van der Waals surface area contributed by atoms with Gasteiger partial charge in [-0.25, -0.2) is 17.8 Å². The van der Waals surface area contributed by atoms with Gasteiger partial charge in [-0.15, -0.1) is 0 Å². The number of hydrogen-bond donors (Lipinski definition) is 1. The van der Waals surface area contributed by atoms with Crippen LogP contribution in [0.15, 0.2) is 66.0 Å². The van der Waals surface area contributed by atoms with E-state index in [1.807, 2.05) is 6.92 Å². The molecule has 4 rings (SSSR count). The number of benzene rings is 1. The highest BCUT2D eigenvalue weighted by atomic mass is 32.2. The predicted molar refractivity (Wildman–Crippen MR) is 142 cm³/mol. The molecule has 1 amide bonds. The number of pyridine rings is 2. The van der Waals surface area contributed by atoms with E-state index in [4.69, 9.17) is 4.74 Å². The number of aliphatic hydroxyl groups is 1. The van der Waals surface area contributed by atoms with Crippen molar-refractivity contribution in [2.45, 2.75) is 30.9 Å². The summed E-state index contributed by atoms with van der Waals surface area (Å²) < 4.78 is 47.8. The molecule has 204 valence electrons. The molecule has 0 aliphatic carbocycles. The molecule has 1 N–H and O–H groups in total. The van der Waals surface area contributed by atoms with Crippen LogP contribution >= 0.6 is 0 Å². The van der Waals surface area contributed by atoms with Crippen molar-refractivity contribution >= 4 is 15.9 Å². The van der Waals surface area contributed by atoms with Gasteiger partial charge in [-0.05, 0) is 37.3 Å². The van der Waals surface area contributed by atoms with Crippen molar-refractivity contribution in [2.24, 2.45) is 5.92 Å². The van der Waals surface area contributed by atoms with E-state index in [-0.39, 0.29) is 43.0 Å². The number of aromatic nitrogens is 2. The minimum absolute atomic E-state index is 0.0258. The Balaban J connectivity index is 1.69. The summed E-state index contributed by atoms with van der Waals surface area (Å²) in [6.07, 6.45) is 3.99. The minimum Gasteiger partial charge on any atom is -0.472 e. The third-order valence-electron chi connectivity index (χ3n) is 6.51. The number of nitrogens with zero attached hydrogens (tertiary/aromatic N) is 4. The molecule has 1 aliphatic rings. The number of halogens is 1. The van der Waals surface area contributed by atoms with Gasteiger partial charge in [0.1, 0.15) is 22.4 Å². The van der Waals surface area contributed by atoms with E-state index in [1.54, 1.807) is 37.5 Å². The van der Waals surface area contributed by atoms with Gasteiger partial charge in [0.25, 0.3) is 5.91 Å². The fraction of sp³-hybridized carbons (Fsp3) is 0.321. The van der Waals surface area contributed by atoms with Crippen LogP contribution < -0.4 is 4.74 Å². The van der Waals surface area contributed by atoms with E-state index in [2.05, 4.69) is 21.8 Å². The molecule has 0 unspecified atom stereocenters. The molecular weight excluding hydrogens is 523 g/mol. The van der Waals surface area contributed by atoms with Gasteiger partial charge >= 0.3 is 0 Å². The smallest absolute Gasteiger partial charge is 0.259 e. The molecule has 9 nitrogen and oxygen atoms in total. The van der Waals surface area contributed by atoms with Crippen molar-refractivity contribution in [3.63, 3.8) is 0 Å². The zero-order valence-corrected chi connectivity index (χ0v) is 22.6. The Hall–Kier alpha value is -3.85. The number of fused-ring (bicyclic) bond motifs is 1. The number of amides is 1. The van der Waals surface area contributed by atoms with Crippen LogP contribution in [0.4, 0.5) is 4.39 Å². The molecule has 3 aromatic rings. The predicted octanol–water partition coefficient (Wildman–Crippen LogP) is 2.56. The molecule has 11 heteroatoms. The summed E-state index contributed by atoms with van der Waals surface area (Å²) in [5.41, 5.74) is 1.36. The van der Waals surface area contributed by atoms with Crippen LogP contribution in [0.25, 0.3) is 0 Å². The average molecular weight is 553 g/mol. The van der Waals surface area contributed by atoms with Crippen LogP contribution in [0.1, 0.15) is 35.3 Å². The van der Waals surface area contributed by atoms with Gasteiger partial charge in [-0.3, -0.25) is 9.78 Å². The third kappa shape index (κ3) is 6.25. The molecule has 0 radical (unpaired) electrons. The highest BCUT2D eigenvalue weighted by Crippen LogP contribution is 2.28. The van der Waals surface area contributed by atoms with Crippen LogP contribution in [0, 0.1) is 23.6 Å². The average Bonchev–Trinajstić information content (AvgIpc) is 2.94. The van der Waals surface area contributed by atoms with Crippen LogP contribution in [0.5, 0.6) is 5.88 Å². The molecule has 0 saturated carbocycles. The number of ether oxygens (including phenoxy) is 1. The van der Waals surface area contributed by atoms with E-state index < -0.39 is 32.9 Å². The molecule has 0 bridgehead atoms. The number of rotatable bonds is 6. The first-order chi connectivity index (χ1) is 18.6. The van der Waals surface area contributed by atoms with Crippen LogP contribution in [-0.4, -0.2) is 77.5 Å². The lowest BCUT2D eigenvalue weighted by Gasteiger charge is -2.37. The highest BCUT2D eigenvalue weighted by molar-refractivity contribution is 7.89. The molecule has 1 aromatic carbocycles. The molecular formula is C28H29FN4O5S. The Kier molecular flexibility index (Phi) is 8.60. The summed E-state index contributed by atoms with van der Waals surface area (Å²) in [4.78, 5) is 23.0. The molecule has 2 aromatic heterocycles. The second kappa shape index (κ2) is 11.9. The van der Waals surface area contributed by atoms with Gasteiger partial charge in [0.05, 0.1) is 19.2 Å². The van der Waals surface area contributed by atoms with Crippen molar-refractivity contribution in [1.29, 1.82) is 0 Å². The third-order valence-corrected chi connectivity index (χ3v) is 8.37. The lowest BCUT2D eigenvalue weighted by molar-refractivity contribution is 0.0373. The molecule has 0 fully saturated rings. The Bertz CT molecular complexity index is 1510. The number of carbonyl (C=O) groups excluding carboxylic acids is 1. The molecule has 39 heavy (non-hydrogen) atoms. The topological polar surface area (TPSA) is 113 Å². The Morgan fingerprint density at radius 1 is 1.21 bits per heavy atom. The van der Waals surface area contributed by atoms with Crippen LogP contribution in [-0.2, 0) is 10.0 Å². The molecule has 3 heterocycles. The van der Waals surface area contributed by atoms with Crippen molar-refractivity contribution < 1.29 is 27.4 Å². The van der Waals surface area contributed by atoms with E-state index in [0.717, 1.165) is 15.9 Å². The second-order valence-electron chi connectivity index (χ2n) is 9.40. The number of likely N-dealkylation sites (N-methyl/N-ethyl adjacent to an activating group) is 1. The van der Waals surface area contributed by atoms with Gasteiger partial charge in [0.2, 0.25) is 15.9 Å². The van der Waals surface area contributed by atoms with Crippen LogP contribution in [0.3, 0.4) is 0 Å². The highest BCUT2D eigenvalue weighted by Gasteiger charge is 2.36. The molecule has 3 atom stereocenters. The van der Waals surface area contributed by atoms with Gasteiger partial charge in [0, 0.05) is 49.2 Å². The SMILES string of the molecule is C[C@H](CO)N1C[C@H](C)[C@H](CN(C)S(=O)(=O)c2ccccc2F)Oc2ncc(C#Cc3ccncc3)cc2C1=O. The summed E-state index contributed by atoms with van der Waals surface area (Å²) in [5.74, 6) is 4.41. The Labute approximate surface area is 227 Å². The summed E-state index contributed by atoms with van der Waals surface area (Å²) in [5, 5.41) is 9.84. The first-order valence-corrected chi connectivity index (χ1v) is 13.8. The number of sulfonamides is 1. The Morgan fingerprint density at radius 3 is 2.59 bits per heavy atom. The molecule has 1 aliphatic heterocycles. The number of hydrogen-bond acceptors (Lipinski definition) is 7. The van der Waals surface area contributed by atoms with E-state index in [0.29, 0.717) is 5.56 Å². The van der Waals surface area contributed by atoms with E-state index >= 15 is 0 Å². The lowest BCUT2D eigenvalue weighted by atomic mass is 10.0. The summed E-state index contributed by atoms with van der Waals surface area (Å²) in [7, 11) is -2.81. The van der Waals surface area contributed by atoms with Crippen molar-refractivity contribution in [1.82, 2.24) is 19.2 Å².